The van der Waals surface area contributed by atoms with E-state index in [4.69, 9.17) is 15.2 Å². The van der Waals surface area contributed by atoms with Crippen LogP contribution >= 0.6 is 12.4 Å². The zero-order chi connectivity index (χ0) is 15.6. The lowest BCUT2D eigenvalue weighted by atomic mass is 10.1. The van der Waals surface area contributed by atoms with Crippen molar-refractivity contribution in [3.05, 3.63) is 41.6 Å². The number of anilines is 1. The fraction of sp³-hybridized carbons (Fsp3) is 0.294. The SMILES string of the molecule is Cl.N[C@H]1[C@@H]2Oc3ccc(Oc4ccnc5c4CCC(=O)N5)cc3[C@H]12. The van der Waals surface area contributed by atoms with E-state index in [1.54, 1.807) is 6.20 Å². The van der Waals surface area contributed by atoms with Gasteiger partial charge in [0.15, 0.2) is 0 Å². The monoisotopic (exact) mass is 345 g/mol. The first kappa shape index (κ1) is 15.2. The molecular weight excluding hydrogens is 330 g/mol. The highest BCUT2D eigenvalue weighted by Crippen LogP contribution is 2.53. The van der Waals surface area contributed by atoms with E-state index in [0.29, 0.717) is 24.6 Å². The Bertz CT molecular complexity index is 842. The number of fused-ring (bicyclic) bond motifs is 4. The van der Waals surface area contributed by atoms with E-state index in [2.05, 4.69) is 10.3 Å². The van der Waals surface area contributed by atoms with Gasteiger partial charge in [0.2, 0.25) is 5.91 Å². The van der Waals surface area contributed by atoms with Gasteiger partial charge in [0.25, 0.3) is 0 Å². The molecule has 1 aromatic carbocycles. The summed E-state index contributed by atoms with van der Waals surface area (Å²) in [7, 11) is 0. The topological polar surface area (TPSA) is 86.5 Å². The van der Waals surface area contributed by atoms with Crippen molar-refractivity contribution in [2.45, 2.75) is 30.9 Å². The second kappa shape index (κ2) is 5.36. The Kier molecular flexibility index (Phi) is 3.40. The van der Waals surface area contributed by atoms with Crippen LogP contribution in [-0.2, 0) is 11.2 Å². The van der Waals surface area contributed by atoms with Gasteiger partial charge in [-0.15, -0.1) is 12.4 Å². The summed E-state index contributed by atoms with van der Waals surface area (Å²) in [6, 6.07) is 7.75. The van der Waals surface area contributed by atoms with Gasteiger partial charge in [0, 0.05) is 29.7 Å². The van der Waals surface area contributed by atoms with E-state index in [0.717, 1.165) is 28.4 Å². The molecule has 0 spiro atoms. The molecule has 0 unspecified atom stereocenters. The second-order valence-corrected chi connectivity index (χ2v) is 6.17. The first-order valence-electron chi connectivity index (χ1n) is 7.72. The van der Waals surface area contributed by atoms with Crippen LogP contribution in [0.2, 0.25) is 0 Å². The molecule has 3 N–H and O–H groups in total. The number of hydrogen-bond donors (Lipinski definition) is 2. The normalized spacial score (nSPS) is 25.4. The maximum absolute atomic E-state index is 11.5. The molecule has 1 saturated carbocycles. The first-order chi connectivity index (χ1) is 11.2. The lowest BCUT2D eigenvalue weighted by Crippen LogP contribution is -2.20. The van der Waals surface area contributed by atoms with E-state index in [9.17, 15) is 4.79 Å². The number of ether oxygens (including phenoxy) is 2. The van der Waals surface area contributed by atoms with Crippen molar-refractivity contribution in [2.24, 2.45) is 5.73 Å². The Morgan fingerprint density at radius 1 is 1.29 bits per heavy atom. The molecule has 1 amide bonds. The number of pyridine rings is 1. The number of nitrogens with zero attached hydrogens (tertiary/aromatic N) is 1. The smallest absolute Gasteiger partial charge is 0.225 e. The van der Waals surface area contributed by atoms with Crippen molar-refractivity contribution in [1.82, 2.24) is 4.98 Å². The van der Waals surface area contributed by atoms with Crippen LogP contribution < -0.4 is 20.5 Å². The molecule has 0 radical (unpaired) electrons. The van der Waals surface area contributed by atoms with Crippen molar-refractivity contribution >= 4 is 24.1 Å². The number of carbonyl (C=O) groups excluding carboxylic acids is 1. The van der Waals surface area contributed by atoms with Crippen molar-refractivity contribution in [1.29, 1.82) is 0 Å². The van der Waals surface area contributed by atoms with Gasteiger partial charge in [-0.2, -0.15) is 0 Å². The molecule has 124 valence electrons. The molecule has 1 aliphatic carbocycles. The summed E-state index contributed by atoms with van der Waals surface area (Å²) < 4.78 is 11.8. The Labute approximate surface area is 144 Å². The second-order valence-electron chi connectivity index (χ2n) is 6.17. The van der Waals surface area contributed by atoms with Gasteiger partial charge >= 0.3 is 0 Å². The van der Waals surface area contributed by atoms with Crippen molar-refractivity contribution in [3.63, 3.8) is 0 Å². The van der Waals surface area contributed by atoms with Gasteiger partial charge in [-0.05, 0) is 30.7 Å². The summed E-state index contributed by atoms with van der Waals surface area (Å²) >= 11 is 0. The largest absolute Gasteiger partial charge is 0.488 e. The lowest BCUT2D eigenvalue weighted by molar-refractivity contribution is -0.116. The molecule has 3 atom stereocenters. The number of rotatable bonds is 2. The molecule has 7 heteroatoms. The zero-order valence-corrected chi connectivity index (χ0v) is 13.5. The van der Waals surface area contributed by atoms with Gasteiger partial charge in [0.1, 0.15) is 29.2 Å². The maximum Gasteiger partial charge on any atom is 0.225 e. The first-order valence-corrected chi connectivity index (χ1v) is 7.72. The van der Waals surface area contributed by atoms with E-state index >= 15 is 0 Å². The van der Waals surface area contributed by atoms with E-state index in [-0.39, 0.29) is 30.5 Å². The van der Waals surface area contributed by atoms with Gasteiger partial charge in [0.05, 0.1) is 6.04 Å². The van der Waals surface area contributed by atoms with Crippen LogP contribution in [0.5, 0.6) is 17.2 Å². The summed E-state index contributed by atoms with van der Waals surface area (Å²) in [6.45, 7) is 0. The molecule has 0 bridgehead atoms. The zero-order valence-electron chi connectivity index (χ0n) is 12.7. The predicted molar refractivity (Wildman–Crippen MR) is 90.1 cm³/mol. The van der Waals surface area contributed by atoms with E-state index in [1.807, 2.05) is 24.3 Å². The Hall–Kier alpha value is -2.31. The summed E-state index contributed by atoms with van der Waals surface area (Å²) in [5.74, 6) is 3.25. The van der Waals surface area contributed by atoms with Crippen LogP contribution in [0, 0.1) is 0 Å². The molecule has 2 aromatic rings. The maximum atomic E-state index is 11.5. The van der Waals surface area contributed by atoms with Crippen LogP contribution in [0.1, 0.15) is 23.5 Å². The third-order valence-corrected chi connectivity index (χ3v) is 4.71. The van der Waals surface area contributed by atoms with Gasteiger partial charge in [-0.25, -0.2) is 4.98 Å². The highest BCUT2D eigenvalue weighted by molar-refractivity contribution is 5.93. The molecule has 3 heterocycles. The van der Waals surface area contributed by atoms with Gasteiger partial charge < -0.3 is 20.5 Å². The molecule has 3 aliphatic rings. The quantitative estimate of drug-likeness (QED) is 0.872. The van der Waals surface area contributed by atoms with Crippen LogP contribution in [0.3, 0.4) is 0 Å². The van der Waals surface area contributed by atoms with E-state index in [1.165, 1.54) is 0 Å². The van der Waals surface area contributed by atoms with Crippen LogP contribution in [0.25, 0.3) is 0 Å². The molecule has 5 rings (SSSR count). The average Bonchev–Trinajstić information content (AvgIpc) is 3.02. The molecule has 0 saturated heterocycles. The van der Waals surface area contributed by atoms with E-state index < -0.39 is 0 Å². The summed E-state index contributed by atoms with van der Waals surface area (Å²) in [5.41, 5.74) is 8.04. The summed E-state index contributed by atoms with van der Waals surface area (Å²) in [6.07, 6.45) is 2.85. The number of halogens is 1. The molecule has 6 nitrogen and oxygen atoms in total. The van der Waals surface area contributed by atoms with Crippen molar-refractivity contribution < 1.29 is 14.3 Å². The Balaban J connectivity index is 0.00000146. The number of amides is 1. The number of carbonyl (C=O) groups is 1. The third-order valence-electron chi connectivity index (χ3n) is 4.71. The molecule has 1 fully saturated rings. The number of aromatic nitrogens is 1. The minimum atomic E-state index is -0.00871. The fourth-order valence-electron chi connectivity index (χ4n) is 3.43. The Morgan fingerprint density at radius 2 is 2.17 bits per heavy atom. The van der Waals surface area contributed by atoms with Crippen molar-refractivity contribution in [2.75, 3.05) is 5.32 Å². The number of nitrogens with one attached hydrogen (secondary N) is 1. The fourth-order valence-corrected chi connectivity index (χ4v) is 3.43. The standard InChI is InChI=1S/C17H15N3O3.ClH/c18-15-14-10-7-8(1-3-11(10)23-16(14)15)22-12-5-6-19-17-9(12)2-4-13(21)20-17;/h1,3,5-7,14-16H,2,4,18H2,(H,19,20,21);1H/t14-,15-,16-;/m1./s1. The predicted octanol–water partition coefficient (Wildman–Crippen LogP) is 2.37. The summed E-state index contributed by atoms with van der Waals surface area (Å²) in [5, 5.41) is 2.78. The van der Waals surface area contributed by atoms with Crippen LogP contribution in [0.15, 0.2) is 30.5 Å². The number of nitrogens with two attached hydrogens (primary N) is 1. The van der Waals surface area contributed by atoms with Crippen LogP contribution in [0.4, 0.5) is 5.82 Å². The Morgan fingerprint density at radius 3 is 3.04 bits per heavy atom. The molecule has 1 aromatic heterocycles. The van der Waals surface area contributed by atoms with Crippen molar-refractivity contribution in [3.8, 4) is 17.2 Å². The highest BCUT2D eigenvalue weighted by Gasteiger charge is 2.56. The number of hydrogen-bond acceptors (Lipinski definition) is 5. The summed E-state index contributed by atoms with van der Waals surface area (Å²) in [4.78, 5) is 15.7. The van der Waals surface area contributed by atoms with Gasteiger partial charge in [-0.1, -0.05) is 0 Å². The third kappa shape index (κ3) is 2.22. The lowest BCUT2D eigenvalue weighted by Gasteiger charge is -2.19. The molecule has 2 aliphatic heterocycles. The minimum Gasteiger partial charge on any atom is -0.488 e. The molecule has 24 heavy (non-hydrogen) atoms. The van der Waals surface area contributed by atoms with Crippen LogP contribution in [-0.4, -0.2) is 23.0 Å². The minimum absolute atomic E-state index is 0. The highest BCUT2D eigenvalue weighted by atomic mass is 35.5. The number of benzene rings is 1. The molecular formula is C17H16ClN3O3. The average molecular weight is 346 g/mol. The van der Waals surface area contributed by atoms with Gasteiger partial charge in [-0.3, -0.25) is 4.79 Å².